The molecule has 0 bridgehead atoms. The number of carbonyl (C=O) groups excluding carboxylic acids is 2. The molecular formula is C17H26F3NO6S. The zero-order valence-electron chi connectivity index (χ0n) is 16.2. The minimum absolute atomic E-state index is 0.103. The van der Waals surface area contributed by atoms with Gasteiger partial charge in [0.05, 0.1) is 6.54 Å². The Morgan fingerprint density at radius 3 is 2.21 bits per heavy atom. The zero-order chi connectivity index (χ0) is 21.6. The van der Waals surface area contributed by atoms with E-state index < -0.39 is 21.2 Å². The van der Waals surface area contributed by atoms with Crippen LogP contribution in [0.25, 0.3) is 0 Å². The highest BCUT2D eigenvalue weighted by molar-refractivity contribution is 7.87. The van der Waals surface area contributed by atoms with Gasteiger partial charge in [0, 0.05) is 19.4 Å². The Bertz CT molecular complexity index is 695. The first-order valence-electron chi connectivity index (χ1n) is 8.91. The molecule has 0 aromatic rings. The Balaban J connectivity index is 0.000000280. The van der Waals surface area contributed by atoms with E-state index in [1.807, 2.05) is 20.8 Å². The first-order valence-corrected chi connectivity index (χ1v) is 10.3. The number of allylic oxidation sites excluding steroid dienone is 2. The number of hydrogen-bond donors (Lipinski definition) is 0. The summed E-state index contributed by atoms with van der Waals surface area (Å²) in [6, 6.07) is 0. The van der Waals surface area contributed by atoms with Crippen molar-refractivity contribution in [1.82, 2.24) is 4.90 Å². The van der Waals surface area contributed by atoms with Crippen molar-refractivity contribution in [2.75, 3.05) is 13.1 Å². The summed E-state index contributed by atoms with van der Waals surface area (Å²) in [6.07, 6.45) is 4.63. The predicted molar refractivity (Wildman–Crippen MR) is 94.7 cm³/mol. The molecule has 1 saturated heterocycles. The Labute approximate surface area is 163 Å². The number of piperidine rings is 1. The van der Waals surface area contributed by atoms with Crippen LogP contribution in [-0.2, 0) is 23.8 Å². The highest BCUT2D eigenvalue weighted by Gasteiger charge is 2.48. The van der Waals surface area contributed by atoms with E-state index >= 15 is 0 Å². The summed E-state index contributed by atoms with van der Waals surface area (Å²) in [5.41, 5.74) is -5.83. The van der Waals surface area contributed by atoms with Crippen LogP contribution in [0.15, 0.2) is 11.8 Å². The standard InChI is InChI=1S/C10H17NO3.C7H9F3O3S/c1-10(2,3)14-9(13)11-6-4-5-8(12)7-11;8-7(9,10)14(11,12)13-6-4-2-1-3-5-6/h4-7H2,1-3H3;4H,1-3,5H2. The Morgan fingerprint density at radius 1 is 1.11 bits per heavy atom. The van der Waals surface area contributed by atoms with E-state index in [-0.39, 0.29) is 30.6 Å². The van der Waals surface area contributed by atoms with Crippen LogP contribution in [0.2, 0.25) is 0 Å². The number of amides is 1. The van der Waals surface area contributed by atoms with Gasteiger partial charge in [0.2, 0.25) is 0 Å². The summed E-state index contributed by atoms with van der Waals surface area (Å²) in [4.78, 5) is 24.1. The molecule has 0 spiro atoms. The van der Waals surface area contributed by atoms with Crippen molar-refractivity contribution in [1.29, 1.82) is 0 Å². The van der Waals surface area contributed by atoms with E-state index in [0.717, 1.165) is 12.8 Å². The number of Topliss-reactive ketones (excluding diaryl/α,β-unsaturated/α-hetero) is 1. The highest BCUT2D eigenvalue weighted by Crippen LogP contribution is 2.29. The Hall–Kier alpha value is -1.78. The molecule has 1 fully saturated rings. The van der Waals surface area contributed by atoms with Gasteiger partial charge >= 0.3 is 21.7 Å². The van der Waals surface area contributed by atoms with Gasteiger partial charge in [0.15, 0.2) is 5.78 Å². The van der Waals surface area contributed by atoms with Gasteiger partial charge in [-0.15, -0.1) is 0 Å². The molecule has 1 aliphatic heterocycles. The summed E-state index contributed by atoms with van der Waals surface area (Å²) in [7, 11) is -5.47. The third kappa shape index (κ3) is 8.49. The van der Waals surface area contributed by atoms with Crippen molar-refractivity contribution in [2.24, 2.45) is 0 Å². The summed E-state index contributed by atoms with van der Waals surface area (Å²) in [6.45, 7) is 6.28. The van der Waals surface area contributed by atoms with Crippen molar-refractivity contribution in [2.45, 2.75) is 70.4 Å². The summed E-state index contributed by atoms with van der Waals surface area (Å²) in [5.74, 6) is 0.00989. The number of nitrogens with zero attached hydrogens (tertiary/aromatic N) is 1. The lowest BCUT2D eigenvalue weighted by atomic mass is 10.1. The van der Waals surface area contributed by atoms with Crippen LogP contribution in [0, 0.1) is 0 Å². The van der Waals surface area contributed by atoms with Crippen LogP contribution in [0.3, 0.4) is 0 Å². The summed E-state index contributed by atoms with van der Waals surface area (Å²) in [5, 5.41) is 0. The van der Waals surface area contributed by atoms with Crippen LogP contribution in [-0.4, -0.2) is 49.4 Å². The largest absolute Gasteiger partial charge is 0.534 e. The van der Waals surface area contributed by atoms with Gasteiger partial charge in [0.25, 0.3) is 0 Å². The fourth-order valence-corrected chi connectivity index (χ4v) is 2.92. The summed E-state index contributed by atoms with van der Waals surface area (Å²) >= 11 is 0. The monoisotopic (exact) mass is 429 g/mol. The second-order valence-corrected chi connectivity index (χ2v) is 8.98. The topological polar surface area (TPSA) is 90.0 Å². The molecule has 0 aromatic carbocycles. The van der Waals surface area contributed by atoms with Gasteiger partial charge in [-0.25, -0.2) is 4.79 Å². The molecule has 0 atom stereocenters. The predicted octanol–water partition coefficient (Wildman–Crippen LogP) is 3.90. The van der Waals surface area contributed by atoms with Gasteiger partial charge in [-0.2, -0.15) is 21.6 Å². The normalized spacial score (nSPS) is 18.6. The molecule has 0 N–H and O–H groups in total. The molecule has 162 valence electrons. The fourth-order valence-electron chi connectivity index (χ4n) is 2.39. The van der Waals surface area contributed by atoms with Crippen LogP contribution in [0.4, 0.5) is 18.0 Å². The van der Waals surface area contributed by atoms with E-state index in [2.05, 4.69) is 4.18 Å². The van der Waals surface area contributed by atoms with Crippen LogP contribution >= 0.6 is 0 Å². The summed E-state index contributed by atoms with van der Waals surface area (Å²) < 4.78 is 65.7. The molecule has 1 amide bonds. The molecule has 0 unspecified atom stereocenters. The number of ether oxygens (including phenoxy) is 1. The molecule has 0 aromatic heterocycles. The molecular weight excluding hydrogens is 403 g/mol. The maximum absolute atomic E-state index is 11.8. The molecule has 28 heavy (non-hydrogen) atoms. The maximum Gasteiger partial charge on any atom is 0.534 e. The third-order valence-electron chi connectivity index (χ3n) is 3.65. The second-order valence-electron chi connectivity index (χ2n) is 7.44. The van der Waals surface area contributed by atoms with Gasteiger partial charge in [0.1, 0.15) is 11.4 Å². The van der Waals surface area contributed by atoms with Gasteiger partial charge in [-0.3, -0.25) is 4.79 Å². The fraction of sp³-hybridized carbons (Fsp3) is 0.765. The number of hydrogen-bond acceptors (Lipinski definition) is 6. The van der Waals surface area contributed by atoms with E-state index in [1.54, 1.807) is 0 Å². The first-order chi connectivity index (χ1) is 12.7. The smallest absolute Gasteiger partial charge is 0.444 e. The Morgan fingerprint density at radius 2 is 1.75 bits per heavy atom. The molecule has 11 heteroatoms. The lowest BCUT2D eigenvalue weighted by Crippen LogP contribution is -2.43. The average molecular weight is 429 g/mol. The number of likely N-dealkylation sites (tertiary alicyclic amines) is 1. The van der Waals surface area contributed by atoms with Gasteiger partial charge < -0.3 is 13.8 Å². The minimum Gasteiger partial charge on any atom is -0.444 e. The lowest BCUT2D eigenvalue weighted by molar-refractivity contribution is -0.122. The van der Waals surface area contributed by atoms with Crippen molar-refractivity contribution < 1.29 is 40.1 Å². The van der Waals surface area contributed by atoms with E-state index in [1.165, 1.54) is 11.0 Å². The second kappa shape index (κ2) is 9.62. The average Bonchev–Trinajstić information content (AvgIpc) is 2.53. The molecule has 2 rings (SSSR count). The molecule has 0 radical (unpaired) electrons. The minimum atomic E-state index is -5.47. The SMILES string of the molecule is CC(C)(C)OC(=O)N1CCCC(=O)C1.O=S(=O)(OC1=CCCCC1)C(F)(F)F. The van der Waals surface area contributed by atoms with Crippen molar-refractivity contribution in [3.63, 3.8) is 0 Å². The molecule has 2 aliphatic rings. The van der Waals surface area contributed by atoms with Gasteiger partial charge in [-0.05, 0) is 52.5 Å². The number of ketones is 1. The van der Waals surface area contributed by atoms with E-state index in [0.29, 0.717) is 25.8 Å². The molecule has 1 aliphatic carbocycles. The van der Waals surface area contributed by atoms with E-state index in [4.69, 9.17) is 4.74 Å². The third-order valence-corrected chi connectivity index (χ3v) is 4.65. The number of halogens is 3. The lowest BCUT2D eigenvalue weighted by Gasteiger charge is -2.29. The molecule has 7 nitrogen and oxygen atoms in total. The van der Waals surface area contributed by atoms with Crippen molar-refractivity contribution >= 4 is 22.0 Å². The highest BCUT2D eigenvalue weighted by atomic mass is 32.2. The molecule has 1 heterocycles. The van der Waals surface area contributed by atoms with Crippen molar-refractivity contribution in [3.05, 3.63) is 11.8 Å². The van der Waals surface area contributed by atoms with Gasteiger partial charge in [-0.1, -0.05) is 0 Å². The first kappa shape index (κ1) is 24.3. The quantitative estimate of drug-likeness (QED) is 0.489. The van der Waals surface area contributed by atoms with Crippen LogP contribution < -0.4 is 0 Å². The van der Waals surface area contributed by atoms with Crippen LogP contribution in [0.1, 0.15) is 59.3 Å². The van der Waals surface area contributed by atoms with Crippen LogP contribution in [0.5, 0.6) is 0 Å². The van der Waals surface area contributed by atoms with Crippen molar-refractivity contribution in [3.8, 4) is 0 Å². The maximum atomic E-state index is 11.8. The number of rotatable bonds is 2. The zero-order valence-corrected chi connectivity index (χ0v) is 17.0. The Kier molecular flexibility index (Phi) is 8.33. The van der Waals surface area contributed by atoms with E-state index in [9.17, 15) is 31.2 Å². The number of carbonyl (C=O) groups is 2. The number of alkyl halides is 3. The molecule has 0 saturated carbocycles.